The Morgan fingerprint density at radius 1 is 1.09 bits per heavy atom. The third-order valence-corrected chi connectivity index (χ3v) is 5.42. The molecule has 0 spiro atoms. The van der Waals surface area contributed by atoms with Gasteiger partial charge in [-0.15, -0.1) is 11.3 Å². The third-order valence-electron chi connectivity index (χ3n) is 4.61. The van der Waals surface area contributed by atoms with Gasteiger partial charge in [0.25, 0.3) is 5.91 Å². The van der Waals surface area contributed by atoms with Crippen LogP contribution in [0.3, 0.4) is 0 Å². The molecule has 4 rings (SSSR count). The summed E-state index contributed by atoms with van der Waals surface area (Å²) in [6.07, 6.45) is -4.54. The minimum absolute atomic E-state index is 0.129. The standard InChI is InChI=1S/C21H16F3N5O2S/c1-2-18(30)26-27-19(31)16-11-32-20(25-16)29-17(21(22,23)24)10-15(28-29)14-9-5-7-12-6-3-4-8-13(12)14/h3-11H,2H2,1H3,(H,26,30)(H,27,31). The zero-order chi connectivity index (χ0) is 22.9. The summed E-state index contributed by atoms with van der Waals surface area (Å²) in [5.41, 5.74) is 3.87. The number of alkyl halides is 3. The van der Waals surface area contributed by atoms with E-state index in [2.05, 4.69) is 20.9 Å². The number of nitrogens with one attached hydrogen (secondary N) is 2. The second-order valence-corrected chi connectivity index (χ2v) is 7.56. The van der Waals surface area contributed by atoms with Crippen molar-refractivity contribution in [1.82, 2.24) is 25.6 Å². The van der Waals surface area contributed by atoms with Crippen LogP contribution in [0.4, 0.5) is 13.2 Å². The maximum absolute atomic E-state index is 13.8. The number of hydrogen-bond donors (Lipinski definition) is 2. The van der Waals surface area contributed by atoms with Crippen LogP contribution in [-0.4, -0.2) is 26.6 Å². The van der Waals surface area contributed by atoms with Crippen LogP contribution in [0.2, 0.25) is 0 Å². The first-order valence-corrected chi connectivity index (χ1v) is 10.4. The lowest BCUT2D eigenvalue weighted by molar-refractivity contribution is -0.142. The predicted octanol–water partition coefficient (Wildman–Crippen LogP) is 4.34. The number of hydrogen-bond acceptors (Lipinski definition) is 5. The zero-order valence-corrected chi connectivity index (χ0v) is 17.4. The molecule has 0 unspecified atom stereocenters. The molecular weight excluding hydrogens is 443 g/mol. The second-order valence-electron chi connectivity index (χ2n) is 6.72. The van der Waals surface area contributed by atoms with Crippen LogP contribution in [0.1, 0.15) is 29.5 Å². The van der Waals surface area contributed by atoms with Gasteiger partial charge in [-0.05, 0) is 16.8 Å². The number of rotatable bonds is 4. The molecule has 0 radical (unpaired) electrons. The number of carbonyl (C=O) groups is 2. The van der Waals surface area contributed by atoms with Crippen molar-refractivity contribution in [3.05, 3.63) is 65.3 Å². The predicted molar refractivity (Wildman–Crippen MR) is 113 cm³/mol. The highest BCUT2D eigenvalue weighted by molar-refractivity contribution is 7.12. The van der Waals surface area contributed by atoms with Gasteiger partial charge in [-0.3, -0.25) is 20.4 Å². The molecule has 0 aliphatic heterocycles. The molecule has 2 heterocycles. The van der Waals surface area contributed by atoms with Crippen molar-refractivity contribution in [3.8, 4) is 16.4 Å². The Bertz CT molecular complexity index is 1310. The van der Waals surface area contributed by atoms with Gasteiger partial charge >= 0.3 is 6.18 Å². The van der Waals surface area contributed by atoms with Crippen LogP contribution in [0.15, 0.2) is 53.9 Å². The van der Waals surface area contributed by atoms with E-state index in [0.717, 1.165) is 28.2 Å². The van der Waals surface area contributed by atoms with E-state index in [0.29, 0.717) is 10.2 Å². The van der Waals surface area contributed by atoms with Gasteiger partial charge in [-0.25, -0.2) is 9.67 Å². The van der Waals surface area contributed by atoms with Crippen LogP contribution in [0, 0.1) is 0 Å². The lowest BCUT2D eigenvalue weighted by Crippen LogP contribution is -2.41. The maximum atomic E-state index is 13.8. The zero-order valence-electron chi connectivity index (χ0n) is 16.6. The number of amides is 2. The number of fused-ring (bicyclic) bond motifs is 1. The van der Waals surface area contributed by atoms with E-state index in [9.17, 15) is 22.8 Å². The molecule has 0 saturated carbocycles. The van der Waals surface area contributed by atoms with Crippen molar-refractivity contribution in [2.75, 3.05) is 0 Å². The van der Waals surface area contributed by atoms with Gasteiger partial charge < -0.3 is 0 Å². The average Bonchev–Trinajstić information content (AvgIpc) is 3.44. The van der Waals surface area contributed by atoms with Gasteiger partial charge in [-0.2, -0.15) is 18.3 Å². The third kappa shape index (κ3) is 4.19. The number of thiazole rings is 1. The summed E-state index contributed by atoms with van der Waals surface area (Å²) in [5.74, 6) is -1.16. The average molecular weight is 459 g/mol. The molecule has 2 N–H and O–H groups in total. The summed E-state index contributed by atoms with van der Waals surface area (Å²) in [6, 6.07) is 13.6. The highest BCUT2D eigenvalue weighted by Crippen LogP contribution is 2.36. The fraction of sp³-hybridized carbons (Fsp3) is 0.143. The van der Waals surface area contributed by atoms with Gasteiger partial charge in [0.05, 0.1) is 5.69 Å². The van der Waals surface area contributed by atoms with Crippen LogP contribution in [-0.2, 0) is 11.0 Å². The van der Waals surface area contributed by atoms with E-state index in [1.165, 1.54) is 5.38 Å². The lowest BCUT2D eigenvalue weighted by Gasteiger charge is -2.07. The number of aromatic nitrogens is 3. The topological polar surface area (TPSA) is 88.9 Å². The first kappa shape index (κ1) is 21.5. The van der Waals surface area contributed by atoms with E-state index in [4.69, 9.17) is 0 Å². The van der Waals surface area contributed by atoms with Crippen molar-refractivity contribution in [2.45, 2.75) is 19.5 Å². The number of nitrogens with zero attached hydrogens (tertiary/aromatic N) is 3. The Labute approximate surface area is 183 Å². The largest absolute Gasteiger partial charge is 0.433 e. The monoisotopic (exact) mass is 459 g/mol. The van der Waals surface area contributed by atoms with Crippen LogP contribution >= 0.6 is 11.3 Å². The van der Waals surface area contributed by atoms with Gasteiger partial charge in [0, 0.05) is 17.4 Å². The highest BCUT2D eigenvalue weighted by atomic mass is 32.1. The lowest BCUT2D eigenvalue weighted by atomic mass is 10.0. The first-order valence-electron chi connectivity index (χ1n) is 9.48. The molecule has 2 aromatic heterocycles. The van der Waals surface area contributed by atoms with Crippen molar-refractivity contribution < 1.29 is 22.8 Å². The number of halogens is 3. The molecule has 2 aromatic carbocycles. The van der Waals surface area contributed by atoms with E-state index >= 15 is 0 Å². The van der Waals surface area contributed by atoms with Crippen LogP contribution in [0.5, 0.6) is 0 Å². The summed E-state index contributed by atoms with van der Waals surface area (Å²) >= 11 is 0.829. The molecule has 2 amide bonds. The molecule has 7 nitrogen and oxygen atoms in total. The van der Waals surface area contributed by atoms with E-state index in [1.54, 1.807) is 25.1 Å². The smallest absolute Gasteiger partial charge is 0.273 e. The summed E-state index contributed by atoms with van der Waals surface area (Å²) in [5, 5.41) is 6.97. The molecule has 164 valence electrons. The van der Waals surface area contributed by atoms with Crippen LogP contribution < -0.4 is 10.9 Å². The Kier molecular flexibility index (Phi) is 5.66. The van der Waals surface area contributed by atoms with Crippen LogP contribution in [0.25, 0.3) is 27.2 Å². The fourth-order valence-electron chi connectivity index (χ4n) is 3.05. The number of hydrazine groups is 1. The molecule has 32 heavy (non-hydrogen) atoms. The van der Waals surface area contributed by atoms with Crippen molar-refractivity contribution in [3.63, 3.8) is 0 Å². The van der Waals surface area contributed by atoms with Gasteiger partial charge in [0.15, 0.2) is 5.69 Å². The van der Waals surface area contributed by atoms with Gasteiger partial charge in [-0.1, -0.05) is 49.4 Å². The molecule has 0 bridgehead atoms. The molecule has 0 aliphatic rings. The van der Waals surface area contributed by atoms with Gasteiger partial charge in [0.1, 0.15) is 5.69 Å². The Morgan fingerprint density at radius 2 is 1.84 bits per heavy atom. The highest BCUT2D eigenvalue weighted by Gasteiger charge is 2.37. The molecule has 4 aromatic rings. The van der Waals surface area contributed by atoms with Gasteiger partial charge in [0.2, 0.25) is 11.0 Å². The summed E-state index contributed by atoms with van der Waals surface area (Å²) < 4.78 is 42.0. The molecule has 11 heteroatoms. The Hall–Kier alpha value is -3.73. The van der Waals surface area contributed by atoms with Crippen molar-refractivity contribution in [1.29, 1.82) is 0 Å². The summed E-state index contributed by atoms with van der Waals surface area (Å²) in [4.78, 5) is 27.4. The minimum Gasteiger partial charge on any atom is -0.273 e. The number of benzene rings is 2. The molecular formula is C21H16F3N5O2S. The SMILES string of the molecule is CCC(=O)NNC(=O)c1csc(-n2nc(-c3cccc4ccccc34)cc2C(F)(F)F)n1. The summed E-state index contributed by atoms with van der Waals surface area (Å²) in [6.45, 7) is 1.60. The maximum Gasteiger partial charge on any atom is 0.433 e. The number of carbonyl (C=O) groups excluding carboxylic acids is 2. The Morgan fingerprint density at radius 3 is 2.59 bits per heavy atom. The Balaban J connectivity index is 1.74. The molecule has 0 aliphatic carbocycles. The molecule has 0 atom stereocenters. The normalized spacial score (nSPS) is 11.5. The van der Waals surface area contributed by atoms with Crippen molar-refractivity contribution >= 4 is 33.9 Å². The first-order chi connectivity index (χ1) is 15.3. The second kappa shape index (κ2) is 8.42. The quantitative estimate of drug-likeness (QED) is 0.445. The summed E-state index contributed by atoms with van der Waals surface area (Å²) in [7, 11) is 0. The van der Waals surface area contributed by atoms with E-state index < -0.39 is 23.7 Å². The van der Waals surface area contributed by atoms with E-state index in [1.807, 2.05) is 24.3 Å². The fourth-order valence-corrected chi connectivity index (χ4v) is 3.82. The minimum atomic E-state index is -4.70. The molecule has 0 saturated heterocycles. The van der Waals surface area contributed by atoms with Crippen molar-refractivity contribution in [2.24, 2.45) is 0 Å². The molecule has 0 fully saturated rings. The van der Waals surface area contributed by atoms with E-state index in [-0.39, 0.29) is 22.9 Å².